The monoisotopic (exact) mass is 409 g/mol. The van der Waals surface area contributed by atoms with Crippen LogP contribution in [0.15, 0.2) is 70.7 Å². The summed E-state index contributed by atoms with van der Waals surface area (Å²) < 4.78 is 63.9. The molecule has 142 valence electrons. The molecule has 3 N–H and O–H groups in total. The van der Waals surface area contributed by atoms with Crippen LogP contribution >= 0.6 is 0 Å². The quantitative estimate of drug-likeness (QED) is 0.438. The van der Waals surface area contributed by atoms with Gasteiger partial charge in [-0.25, -0.2) is 0 Å². The van der Waals surface area contributed by atoms with Gasteiger partial charge in [0, 0.05) is 0 Å². The van der Waals surface area contributed by atoms with Crippen molar-refractivity contribution in [2.75, 3.05) is 0 Å². The molecule has 3 rings (SSSR count). The van der Waals surface area contributed by atoms with Crippen molar-refractivity contribution in [1.82, 2.24) is 15.4 Å². The lowest BCUT2D eigenvalue weighted by atomic mass is 10.1. The Balaban J connectivity index is 0.000000451. The highest BCUT2D eigenvalue weighted by Crippen LogP contribution is 2.26. The first-order valence-corrected chi connectivity index (χ1v) is 10.2. The minimum Gasteiger partial charge on any atom is -0.282 e. The first-order chi connectivity index (χ1) is 12.7. The van der Waals surface area contributed by atoms with Crippen LogP contribution in [-0.4, -0.2) is 41.4 Å². The number of nitrogens with zero attached hydrogens (tertiary/aromatic N) is 2. The summed E-state index contributed by atoms with van der Waals surface area (Å²) in [5.74, 6) is 0. The molecule has 0 radical (unpaired) electrons. The predicted molar refractivity (Wildman–Crippen MR) is 97.8 cm³/mol. The van der Waals surface area contributed by atoms with Crippen molar-refractivity contribution in [2.45, 2.75) is 9.79 Å². The Morgan fingerprint density at radius 1 is 0.778 bits per heavy atom. The van der Waals surface area contributed by atoms with Crippen LogP contribution in [0.1, 0.15) is 11.1 Å². The lowest BCUT2D eigenvalue weighted by Crippen LogP contribution is -2.10. The van der Waals surface area contributed by atoms with E-state index in [9.17, 15) is 21.4 Å². The molecule has 0 saturated carbocycles. The maximum atomic E-state index is 11.5. The van der Waals surface area contributed by atoms with Crippen LogP contribution in [0.3, 0.4) is 0 Å². The second-order valence-electron chi connectivity index (χ2n) is 5.02. The van der Waals surface area contributed by atoms with Crippen molar-refractivity contribution in [1.29, 1.82) is 0 Å². The van der Waals surface area contributed by atoms with Crippen LogP contribution in [-0.2, 0) is 20.2 Å². The smallest absolute Gasteiger partial charge is 0.282 e. The molecule has 0 amide bonds. The van der Waals surface area contributed by atoms with Gasteiger partial charge in [0.2, 0.25) is 0 Å². The Bertz CT molecular complexity index is 1090. The van der Waals surface area contributed by atoms with Gasteiger partial charge in [0.1, 0.15) is 9.79 Å². The molecule has 27 heavy (non-hydrogen) atoms. The van der Waals surface area contributed by atoms with Gasteiger partial charge in [0.25, 0.3) is 20.2 Å². The van der Waals surface area contributed by atoms with E-state index in [0.29, 0.717) is 0 Å². The molecule has 0 aliphatic rings. The summed E-state index contributed by atoms with van der Waals surface area (Å²) in [5.41, 5.74) is 0.697. The van der Waals surface area contributed by atoms with E-state index in [1.807, 2.05) is 0 Å². The lowest BCUT2D eigenvalue weighted by Gasteiger charge is -2.07. The van der Waals surface area contributed by atoms with Crippen LogP contribution in [0.2, 0.25) is 0 Å². The Morgan fingerprint density at radius 2 is 1.41 bits per heavy atom. The van der Waals surface area contributed by atoms with E-state index in [-0.39, 0.29) is 5.56 Å². The van der Waals surface area contributed by atoms with Crippen molar-refractivity contribution >= 4 is 32.4 Å². The van der Waals surface area contributed by atoms with E-state index in [4.69, 9.17) is 4.55 Å². The average Bonchev–Trinajstić information content (AvgIpc) is 3.19. The highest BCUT2D eigenvalue weighted by molar-refractivity contribution is 7.89. The maximum Gasteiger partial charge on any atom is 0.296 e. The highest BCUT2D eigenvalue weighted by Gasteiger charge is 2.26. The average molecular weight is 409 g/mol. The summed E-state index contributed by atoms with van der Waals surface area (Å²) >= 11 is 0. The van der Waals surface area contributed by atoms with Gasteiger partial charge in [-0.3, -0.25) is 9.11 Å². The van der Waals surface area contributed by atoms with Crippen LogP contribution in [0.4, 0.5) is 0 Å². The number of nitrogens with one attached hydrogen (secondary N) is 1. The molecule has 3 aromatic rings. The van der Waals surface area contributed by atoms with Gasteiger partial charge < -0.3 is 0 Å². The van der Waals surface area contributed by atoms with Crippen molar-refractivity contribution in [3.05, 3.63) is 72.1 Å². The molecule has 11 heteroatoms. The van der Waals surface area contributed by atoms with E-state index < -0.39 is 30.0 Å². The molecular formula is C16H15N3O6S2. The second-order valence-corrected chi connectivity index (χ2v) is 7.77. The van der Waals surface area contributed by atoms with E-state index in [1.165, 1.54) is 18.2 Å². The van der Waals surface area contributed by atoms with E-state index in [1.54, 1.807) is 48.8 Å². The van der Waals surface area contributed by atoms with Gasteiger partial charge >= 0.3 is 0 Å². The number of aromatic nitrogens is 3. The van der Waals surface area contributed by atoms with E-state index >= 15 is 0 Å². The first-order valence-electron chi connectivity index (χ1n) is 7.30. The minimum atomic E-state index is -4.84. The largest absolute Gasteiger partial charge is 0.296 e. The number of hydrogen-bond donors (Lipinski definition) is 3. The number of benzene rings is 2. The normalized spacial score (nSPS) is 11.8. The number of aromatic amines is 1. The molecular weight excluding hydrogens is 394 g/mol. The fourth-order valence-electron chi connectivity index (χ4n) is 2.06. The van der Waals surface area contributed by atoms with Crippen molar-refractivity contribution in [2.24, 2.45) is 0 Å². The third kappa shape index (κ3) is 6.11. The zero-order valence-electron chi connectivity index (χ0n) is 13.7. The molecule has 1 aromatic heterocycles. The van der Waals surface area contributed by atoms with Crippen molar-refractivity contribution in [3.63, 3.8) is 0 Å². The van der Waals surface area contributed by atoms with Gasteiger partial charge in [0.05, 0.1) is 12.4 Å². The van der Waals surface area contributed by atoms with Crippen LogP contribution in [0, 0.1) is 0 Å². The molecule has 0 aliphatic carbocycles. The fourth-order valence-corrected chi connectivity index (χ4v) is 4.05. The van der Waals surface area contributed by atoms with Gasteiger partial charge in [-0.2, -0.15) is 32.2 Å². The fraction of sp³-hybridized carbons (Fsp3) is 0. The number of hydrogen-bond acceptors (Lipinski definition) is 6. The van der Waals surface area contributed by atoms with Gasteiger partial charge in [-0.05, 0) is 17.2 Å². The summed E-state index contributed by atoms with van der Waals surface area (Å²) in [6, 6.07) is 12.4. The lowest BCUT2D eigenvalue weighted by molar-refractivity contribution is 0.466. The molecule has 2 aromatic carbocycles. The third-order valence-corrected chi connectivity index (χ3v) is 5.13. The minimum absolute atomic E-state index is 0.0542. The van der Waals surface area contributed by atoms with Crippen molar-refractivity contribution in [3.8, 4) is 0 Å². The van der Waals surface area contributed by atoms with Crippen LogP contribution < -0.4 is 0 Å². The van der Waals surface area contributed by atoms with Crippen molar-refractivity contribution < 1.29 is 25.9 Å². The van der Waals surface area contributed by atoms with Gasteiger partial charge in [-0.15, -0.1) is 0 Å². The Hall–Kier alpha value is -2.86. The molecule has 0 fully saturated rings. The summed E-state index contributed by atoms with van der Waals surface area (Å²) in [6.45, 7) is 0. The van der Waals surface area contributed by atoms with E-state index in [0.717, 1.165) is 11.6 Å². The molecule has 0 saturated heterocycles. The van der Waals surface area contributed by atoms with E-state index in [2.05, 4.69) is 15.4 Å². The van der Waals surface area contributed by atoms with Gasteiger partial charge in [0.15, 0.2) is 0 Å². The molecule has 0 unspecified atom stereocenters. The SMILES string of the molecule is O=S(=O)(O)c1cccc(C=Cc2ccccc2)c1S(=O)(=O)O.c1cn[nH]n1. The third-order valence-electron chi connectivity index (χ3n) is 3.13. The first kappa shape index (κ1) is 20.5. The zero-order chi connectivity index (χ0) is 19.9. The summed E-state index contributed by atoms with van der Waals surface area (Å²) in [6.07, 6.45) is 6.06. The maximum absolute atomic E-state index is 11.5. The standard InChI is InChI=1S/C14H12O6S2.C2H3N3/c15-21(16,17)13-8-4-7-12(14(13)22(18,19)20)10-9-11-5-2-1-3-6-11;1-2-4-5-3-1/h1-10H,(H,15,16,17)(H,18,19,20);1-2H,(H,3,4,5). The highest BCUT2D eigenvalue weighted by atomic mass is 32.2. The number of rotatable bonds is 4. The topological polar surface area (TPSA) is 150 Å². The Morgan fingerprint density at radius 3 is 1.89 bits per heavy atom. The molecule has 0 atom stereocenters. The number of H-pyrrole nitrogens is 1. The molecule has 0 bridgehead atoms. The Labute approximate surface area is 155 Å². The molecule has 0 aliphatic heterocycles. The molecule has 0 spiro atoms. The summed E-state index contributed by atoms with van der Waals surface area (Å²) in [7, 11) is -9.64. The summed E-state index contributed by atoms with van der Waals surface area (Å²) in [5, 5.41) is 9.33. The Kier molecular flexibility index (Phi) is 6.58. The van der Waals surface area contributed by atoms with Gasteiger partial charge in [-0.1, -0.05) is 54.6 Å². The van der Waals surface area contributed by atoms with Crippen LogP contribution in [0.5, 0.6) is 0 Å². The predicted octanol–water partition coefficient (Wildman–Crippen LogP) is 2.16. The molecule has 9 nitrogen and oxygen atoms in total. The summed E-state index contributed by atoms with van der Waals surface area (Å²) in [4.78, 5) is -1.73. The molecule has 1 heterocycles. The zero-order valence-corrected chi connectivity index (χ0v) is 15.3. The second kappa shape index (κ2) is 8.68. The van der Waals surface area contributed by atoms with Crippen LogP contribution in [0.25, 0.3) is 12.2 Å².